The first kappa shape index (κ1) is 21.6. The lowest BCUT2D eigenvalue weighted by Crippen LogP contribution is -2.46. The number of hydrogen-bond donors (Lipinski definition) is 2. The van der Waals surface area contributed by atoms with Crippen LogP contribution in [0.2, 0.25) is 0 Å². The summed E-state index contributed by atoms with van der Waals surface area (Å²) in [5.74, 6) is 0.656. The standard InChI is InChI=1S/C23H24FN3O2S/c1-23(2,3)21-16(12-25)20(26-22(30)27-21)14-9-10-18(19(11-14)28-4)29-13-15-7-5-6-8-17(15)24/h5-11,20H,13H2,1-4H3,(H2,26,27,30)/t20-/m0/s1. The lowest BCUT2D eigenvalue weighted by Gasteiger charge is -2.35. The van der Waals surface area contributed by atoms with Crippen LogP contribution < -0.4 is 20.1 Å². The fourth-order valence-electron chi connectivity index (χ4n) is 3.28. The van der Waals surface area contributed by atoms with Crippen molar-refractivity contribution in [3.63, 3.8) is 0 Å². The molecule has 0 fully saturated rings. The highest BCUT2D eigenvalue weighted by Crippen LogP contribution is 2.37. The second-order valence-corrected chi connectivity index (χ2v) is 8.38. The maximum Gasteiger partial charge on any atom is 0.171 e. The Bertz CT molecular complexity index is 1040. The summed E-state index contributed by atoms with van der Waals surface area (Å²) in [4.78, 5) is 0. The van der Waals surface area contributed by atoms with E-state index >= 15 is 0 Å². The quantitative estimate of drug-likeness (QED) is 0.674. The first-order valence-corrected chi connectivity index (χ1v) is 9.92. The van der Waals surface area contributed by atoms with E-state index in [9.17, 15) is 9.65 Å². The van der Waals surface area contributed by atoms with Gasteiger partial charge in [-0.1, -0.05) is 45.0 Å². The van der Waals surface area contributed by atoms with E-state index in [0.717, 1.165) is 11.3 Å². The molecule has 0 saturated heterocycles. The molecule has 1 heterocycles. The van der Waals surface area contributed by atoms with E-state index in [1.54, 1.807) is 30.3 Å². The highest BCUT2D eigenvalue weighted by molar-refractivity contribution is 7.80. The number of rotatable bonds is 5. The van der Waals surface area contributed by atoms with Gasteiger partial charge < -0.3 is 20.1 Å². The molecule has 3 rings (SSSR count). The maximum atomic E-state index is 13.9. The van der Waals surface area contributed by atoms with Crippen LogP contribution in [0, 0.1) is 22.6 Å². The van der Waals surface area contributed by atoms with Crippen molar-refractivity contribution in [2.45, 2.75) is 33.4 Å². The minimum absolute atomic E-state index is 0.0790. The van der Waals surface area contributed by atoms with Gasteiger partial charge in [-0.3, -0.25) is 0 Å². The predicted octanol–water partition coefficient (Wildman–Crippen LogP) is 4.76. The van der Waals surface area contributed by atoms with Crippen molar-refractivity contribution >= 4 is 17.3 Å². The zero-order valence-corrected chi connectivity index (χ0v) is 18.2. The number of thiocarbonyl (C=S) groups is 1. The lowest BCUT2D eigenvalue weighted by molar-refractivity contribution is 0.279. The van der Waals surface area contributed by atoms with Gasteiger partial charge in [-0.2, -0.15) is 5.26 Å². The Kier molecular flexibility index (Phi) is 6.28. The summed E-state index contributed by atoms with van der Waals surface area (Å²) in [5, 5.41) is 16.6. The zero-order chi connectivity index (χ0) is 21.9. The van der Waals surface area contributed by atoms with E-state index in [2.05, 4.69) is 16.7 Å². The highest BCUT2D eigenvalue weighted by atomic mass is 32.1. The van der Waals surface area contributed by atoms with Crippen molar-refractivity contribution in [2.75, 3.05) is 7.11 Å². The van der Waals surface area contributed by atoms with Gasteiger partial charge >= 0.3 is 0 Å². The number of ether oxygens (including phenoxy) is 2. The van der Waals surface area contributed by atoms with Crippen molar-refractivity contribution in [3.05, 3.63) is 70.7 Å². The Morgan fingerprint density at radius 3 is 2.53 bits per heavy atom. The first-order chi connectivity index (χ1) is 14.2. The topological polar surface area (TPSA) is 66.3 Å². The SMILES string of the molecule is COc1cc([C@@H]2NC(=S)NC(C(C)(C)C)=C2C#N)ccc1OCc1ccccc1F. The molecular formula is C23H24FN3O2S. The molecule has 0 bridgehead atoms. The second kappa shape index (κ2) is 8.72. The molecule has 0 unspecified atom stereocenters. The van der Waals surface area contributed by atoms with Crippen LogP contribution in [0.1, 0.15) is 37.9 Å². The van der Waals surface area contributed by atoms with E-state index in [0.29, 0.717) is 27.7 Å². The van der Waals surface area contributed by atoms with Crippen LogP contribution in [0.25, 0.3) is 0 Å². The van der Waals surface area contributed by atoms with Gasteiger partial charge in [0.1, 0.15) is 12.4 Å². The average molecular weight is 426 g/mol. The molecule has 2 aromatic carbocycles. The van der Waals surface area contributed by atoms with Crippen molar-refractivity contribution in [2.24, 2.45) is 5.41 Å². The smallest absolute Gasteiger partial charge is 0.171 e. The number of halogens is 1. The minimum Gasteiger partial charge on any atom is -0.493 e. The zero-order valence-electron chi connectivity index (χ0n) is 17.4. The Balaban J connectivity index is 1.93. The molecule has 156 valence electrons. The van der Waals surface area contributed by atoms with Gasteiger partial charge in [0, 0.05) is 16.7 Å². The minimum atomic E-state index is -0.410. The van der Waals surface area contributed by atoms with Crippen LogP contribution in [-0.2, 0) is 6.61 Å². The summed E-state index contributed by atoms with van der Waals surface area (Å²) < 4.78 is 25.1. The van der Waals surface area contributed by atoms with Crippen LogP contribution >= 0.6 is 12.2 Å². The molecule has 1 aliphatic heterocycles. The van der Waals surface area contributed by atoms with Gasteiger partial charge in [0.15, 0.2) is 16.6 Å². The van der Waals surface area contributed by atoms with Gasteiger partial charge in [0.25, 0.3) is 0 Å². The van der Waals surface area contributed by atoms with E-state index in [4.69, 9.17) is 21.7 Å². The molecule has 30 heavy (non-hydrogen) atoms. The van der Waals surface area contributed by atoms with Crippen LogP contribution in [0.4, 0.5) is 4.39 Å². The molecule has 7 heteroatoms. The molecular weight excluding hydrogens is 401 g/mol. The summed E-state index contributed by atoms with van der Waals surface area (Å²) >= 11 is 5.37. The molecule has 1 aliphatic rings. The van der Waals surface area contributed by atoms with E-state index in [1.165, 1.54) is 13.2 Å². The van der Waals surface area contributed by atoms with Crippen molar-refractivity contribution < 1.29 is 13.9 Å². The van der Waals surface area contributed by atoms with E-state index in [-0.39, 0.29) is 17.8 Å². The van der Waals surface area contributed by atoms with Crippen LogP contribution in [0.15, 0.2) is 53.7 Å². The molecule has 0 aromatic heterocycles. The highest BCUT2D eigenvalue weighted by Gasteiger charge is 2.32. The average Bonchev–Trinajstić information content (AvgIpc) is 2.71. The molecule has 0 spiro atoms. The third-order valence-corrected chi connectivity index (χ3v) is 5.02. The molecule has 2 aromatic rings. The first-order valence-electron chi connectivity index (χ1n) is 9.51. The Morgan fingerprint density at radius 1 is 1.17 bits per heavy atom. The van der Waals surface area contributed by atoms with Crippen molar-refractivity contribution in [1.29, 1.82) is 5.26 Å². The number of benzene rings is 2. The van der Waals surface area contributed by atoms with E-state index < -0.39 is 6.04 Å². The van der Waals surface area contributed by atoms with Crippen LogP contribution in [0.3, 0.4) is 0 Å². The number of nitrogens with zero attached hydrogens (tertiary/aromatic N) is 1. The third kappa shape index (κ3) is 4.55. The number of nitrogens with one attached hydrogen (secondary N) is 2. The van der Waals surface area contributed by atoms with Gasteiger partial charge in [0.2, 0.25) is 0 Å². The summed E-state index contributed by atoms with van der Waals surface area (Å²) in [6.07, 6.45) is 0. The van der Waals surface area contributed by atoms with Crippen molar-refractivity contribution in [3.8, 4) is 17.6 Å². The fourth-order valence-corrected chi connectivity index (χ4v) is 3.50. The Morgan fingerprint density at radius 2 is 1.90 bits per heavy atom. The van der Waals surface area contributed by atoms with E-state index in [1.807, 2.05) is 26.8 Å². The van der Waals surface area contributed by atoms with Gasteiger partial charge in [0.05, 0.1) is 24.8 Å². The Labute approximate surface area is 181 Å². The molecule has 0 aliphatic carbocycles. The second-order valence-electron chi connectivity index (χ2n) is 7.97. The number of nitriles is 1. The van der Waals surface area contributed by atoms with Gasteiger partial charge in [-0.25, -0.2) is 4.39 Å². The lowest BCUT2D eigenvalue weighted by atomic mass is 9.84. The molecule has 1 atom stereocenters. The number of allylic oxidation sites excluding steroid dienone is 1. The summed E-state index contributed by atoms with van der Waals surface area (Å²) in [7, 11) is 1.54. The Hall–Kier alpha value is -3.11. The maximum absolute atomic E-state index is 13.9. The van der Waals surface area contributed by atoms with Gasteiger partial charge in [-0.15, -0.1) is 0 Å². The molecule has 2 N–H and O–H groups in total. The third-order valence-electron chi connectivity index (χ3n) is 4.80. The predicted molar refractivity (Wildman–Crippen MR) is 117 cm³/mol. The largest absolute Gasteiger partial charge is 0.493 e. The van der Waals surface area contributed by atoms with Crippen LogP contribution in [-0.4, -0.2) is 12.2 Å². The summed E-state index contributed by atoms with van der Waals surface area (Å²) in [5.41, 5.74) is 2.35. The number of methoxy groups -OCH3 is 1. The van der Waals surface area contributed by atoms with Crippen LogP contribution in [0.5, 0.6) is 11.5 Å². The molecule has 0 radical (unpaired) electrons. The summed E-state index contributed by atoms with van der Waals surface area (Å²) in [6.45, 7) is 6.16. The van der Waals surface area contributed by atoms with Crippen molar-refractivity contribution in [1.82, 2.24) is 10.6 Å². The molecule has 0 saturated carbocycles. The summed E-state index contributed by atoms with van der Waals surface area (Å²) in [6, 6.07) is 13.8. The normalized spacial score (nSPS) is 16.4. The number of hydrogen-bond acceptors (Lipinski definition) is 4. The van der Waals surface area contributed by atoms with Gasteiger partial charge in [-0.05, 0) is 36.0 Å². The monoisotopic (exact) mass is 425 g/mol. The molecule has 0 amide bonds. The fraction of sp³-hybridized carbons (Fsp3) is 0.304. The molecule has 5 nitrogen and oxygen atoms in total.